The minimum atomic E-state index is -0.870. The van der Waals surface area contributed by atoms with Crippen molar-refractivity contribution in [1.29, 1.82) is 0 Å². The lowest BCUT2D eigenvalue weighted by Gasteiger charge is -2.26. The van der Waals surface area contributed by atoms with Gasteiger partial charge in [0.05, 0.1) is 11.3 Å². The van der Waals surface area contributed by atoms with Crippen LogP contribution >= 0.6 is 0 Å². The summed E-state index contributed by atoms with van der Waals surface area (Å²) >= 11 is 0. The molecule has 0 saturated carbocycles. The molecule has 7 nitrogen and oxygen atoms in total. The number of aryl methyl sites for hydroxylation is 1. The maximum absolute atomic E-state index is 13.2. The Balaban J connectivity index is 1.70. The number of hydrogen-bond acceptors (Lipinski definition) is 6. The van der Waals surface area contributed by atoms with Gasteiger partial charge in [0.25, 0.3) is 11.7 Å². The van der Waals surface area contributed by atoms with E-state index in [0.29, 0.717) is 41.7 Å². The van der Waals surface area contributed by atoms with Crippen molar-refractivity contribution in [1.82, 2.24) is 4.98 Å². The van der Waals surface area contributed by atoms with Crippen LogP contribution in [0.15, 0.2) is 72.4 Å². The van der Waals surface area contributed by atoms with Crippen LogP contribution < -0.4 is 14.4 Å². The lowest BCUT2D eigenvalue weighted by atomic mass is 9.97. The summed E-state index contributed by atoms with van der Waals surface area (Å²) in [5.41, 5.74) is 2.24. The zero-order valence-corrected chi connectivity index (χ0v) is 17.3. The third-order valence-electron chi connectivity index (χ3n) is 5.60. The Labute approximate surface area is 184 Å². The van der Waals surface area contributed by atoms with E-state index in [9.17, 15) is 14.7 Å². The largest absolute Gasteiger partial charge is 0.507 e. The molecule has 7 heteroatoms. The quantitative estimate of drug-likeness (QED) is 0.388. The Morgan fingerprint density at radius 3 is 2.50 bits per heavy atom. The van der Waals surface area contributed by atoms with E-state index < -0.39 is 17.7 Å². The van der Waals surface area contributed by atoms with Crippen LogP contribution in [0.3, 0.4) is 0 Å². The van der Waals surface area contributed by atoms with Gasteiger partial charge in [0.15, 0.2) is 11.5 Å². The number of ketones is 1. The first kappa shape index (κ1) is 19.8. The second-order valence-electron chi connectivity index (χ2n) is 7.57. The van der Waals surface area contributed by atoms with Gasteiger partial charge in [-0.1, -0.05) is 24.3 Å². The Hall–Kier alpha value is -4.13. The van der Waals surface area contributed by atoms with E-state index in [-0.39, 0.29) is 11.3 Å². The molecule has 3 aromatic rings. The average Bonchev–Trinajstić information content (AvgIpc) is 3.09. The van der Waals surface area contributed by atoms with Gasteiger partial charge in [-0.05, 0) is 48.9 Å². The molecule has 0 spiro atoms. The first-order valence-corrected chi connectivity index (χ1v) is 10.2. The number of carbonyl (C=O) groups excluding carboxylic acids is 2. The normalized spacial score (nSPS) is 19.3. The summed E-state index contributed by atoms with van der Waals surface area (Å²) in [6, 6.07) is 16.6. The van der Waals surface area contributed by atoms with Gasteiger partial charge in [0.1, 0.15) is 25.0 Å². The summed E-state index contributed by atoms with van der Waals surface area (Å²) in [6.07, 6.45) is 1.59. The van der Waals surface area contributed by atoms with Gasteiger partial charge in [0, 0.05) is 17.4 Å². The first-order valence-electron chi connectivity index (χ1n) is 10.2. The summed E-state index contributed by atoms with van der Waals surface area (Å²) in [6.45, 7) is 2.70. The van der Waals surface area contributed by atoms with Gasteiger partial charge in [-0.3, -0.25) is 19.5 Å². The summed E-state index contributed by atoms with van der Waals surface area (Å²) in [5.74, 6) is -0.727. The van der Waals surface area contributed by atoms with Crippen LogP contribution in [-0.4, -0.2) is 35.0 Å². The zero-order valence-electron chi connectivity index (χ0n) is 17.3. The van der Waals surface area contributed by atoms with Gasteiger partial charge in [-0.25, -0.2) is 0 Å². The predicted octanol–water partition coefficient (Wildman–Crippen LogP) is 3.79. The molecule has 3 heterocycles. The number of amides is 1. The number of nitrogens with zero attached hydrogens (tertiary/aromatic N) is 2. The third kappa shape index (κ3) is 3.19. The maximum Gasteiger partial charge on any atom is 0.300 e. The van der Waals surface area contributed by atoms with E-state index in [4.69, 9.17) is 9.47 Å². The number of rotatable bonds is 3. The maximum atomic E-state index is 13.2. The molecule has 1 N–H and O–H groups in total. The molecule has 1 amide bonds. The fourth-order valence-corrected chi connectivity index (χ4v) is 4.08. The molecule has 5 rings (SSSR count). The minimum absolute atomic E-state index is 0.0198. The monoisotopic (exact) mass is 428 g/mol. The Bertz CT molecular complexity index is 1250. The average molecular weight is 428 g/mol. The molecule has 160 valence electrons. The Morgan fingerprint density at radius 1 is 1.00 bits per heavy atom. The lowest BCUT2D eigenvalue weighted by molar-refractivity contribution is -0.132. The number of aliphatic hydroxyl groups is 1. The highest BCUT2D eigenvalue weighted by atomic mass is 16.6. The molecule has 0 aliphatic carbocycles. The van der Waals surface area contributed by atoms with Crippen LogP contribution in [0, 0.1) is 6.92 Å². The number of para-hydroxylation sites is 1. The van der Waals surface area contributed by atoms with Gasteiger partial charge >= 0.3 is 0 Å². The van der Waals surface area contributed by atoms with Crippen molar-refractivity contribution in [2.24, 2.45) is 0 Å². The van der Waals surface area contributed by atoms with Crippen molar-refractivity contribution >= 4 is 23.1 Å². The van der Waals surface area contributed by atoms with Crippen molar-refractivity contribution in [3.63, 3.8) is 0 Å². The fraction of sp³-hybridized carbons (Fsp3) is 0.160. The van der Waals surface area contributed by atoms with Crippen LogP contribution in [0.25, 0.3) is 5.76 Å². The van der Waals surface area contributed by atoms with Crippen molar-refractivity contribution in [2.45, 2.75) is 13.0 Å². The molecule has 2 aromatic carbocycles. The molecule has 1 atom stereocenters. The molecular weight excluding hydrogens is 408 g/mol. The highest BCUT2D eigenvalue weighted by Gasteiger charge is 2.48. The highest BCUT2D eigenvalue weighted by molar-refractivity contribution is 6.51. The van der Waals surface area contributed by atoms with E-state index in [0.717, 1.165) is 5.56 Å². The SMILES string of the molecule is Cc1ccccc1N1C(=O)C(=O)/C(=C(\O)c2ccc3c(c2)OCCO3)C1c1ccccn1. The number of hydrogen-bond donors (Lipinski definition) is 1. The van der Waals surface area contributed by atoms with Gasteiger partial charge in [-0.15, -0.1) is 0 Å². The molecule has 2 aliphatic rings. The van der Waals surface area contributed by atoms with Crippen LogP contribution in [0.4, 0.5) is 5.69 Å². The Morgan fingerprint density at radius 2 is 1.75 bits per heavy atom. The van der Waals surface area contributed by atoms with Gasteiger partial charge < -0.3 is 14.6 Å². The zero-order chi connectivity index (χ0) is 22.2. The fourth-order valence-electron chi connectivity index (χ4n) is 4.08. The van der Waals surface area contributed by atoms with Crippen molar-refractivity contribution in [3.05, 3.63) is 89.3 Å². The molecule has 2 aliphatic heterocycles. The van der Waals surface area contributed by atoms with Gasteiger partial charge in [-0.2, -0.15) is 0 Å². The number of ether oxygens (including phenoxy) is 2. The summed E-state index contributed by atoms with van der Waals surface area (Å²) < 4.78 is 11.1. The van der Waals surface area contributed by atoms with Crippen molar-refractivity contribution in [3.8, 4) is 11.5 Å². The number of Topliss-reactive ketones (excluding diaryl/α,β-unsaturated/α-hetero) is 1. The van der Waals surface area contributed by atoms with E-state index in [1.54, 1.807) is 54.7 Å². The summed E-state index contributed by atoms with van der Waals surface area (Å²) in [4.78, 5) is 32.2. The standard InChI is InChI=1S/C25H20N2O5/c1-15-6-2-3-8-18(15)27-22(17-7-4-5-11-26-17)21(24(29)25(27)30)23(28)16-9-10-19-20(14-16)32-13-12-31-19/h2-11,14,22,28H,12-13H2,1H3/b23-21-. The lowest BCUT2D eigenvalue weighted by Crippen LogP contribution is -2.30. The van der Waals surface area contributed by atoms with E-state index in [1.807, 2.05) is 19.1 Å². The number of carbonyl (C=O) groups is 2. The molecule has 1 fully saturated rings. The molecule has 1 unspecified atom stereocenters. The summed E-state index contributed by atoms with van der Waals surface area (Å²) in [7, 11) is 0. The van der Waals surface area contributed by atoms with E-state index >= 15 is 0 Å². The summed E-state index contributed by atoms with van der Waals surface area (Å²) in [5, 5.41) is 11.2. The number of anilines is 1. The number of benzene rings is 2. The molecule has 32 heavy (non-hydrogen) atoms. The highest BCUT2D eigenvalue weighted by Crippen LogP contribution is 2.43. The molecule has 1 aromatic heterocycles. The molecule has 0 bridgehead atoms. The van der Waals surface area contributed by atoms with Crippen LogP contribution in [0.5, 0.6) is 11.5 Å². The predicted molar refractivity (Wildman–Crippen MR) is 118 cm³/mol. The first-order chi connectivity index (χ1) is 15.6. The van der Waals surface area contributed by atoms with Crippen LogP contribution in [0.1, 0.15) is 22.9 Å². The van der Waals surface area contributed by atoms with Crippen molar-refractivity contribution in [2.75, 3.05) is 18.1 Å². The number of pyridine rings is 1. The molecular formula is C25H20N2O5. The minimum Gasteiger partial charge on any atom is -0.507 e. The van der Waals surface area contributed by atoms with Crippen molar-refractivity contribution < 1.29 is 24.2 Å². The number of fused-ring (bicyclic) bond motifs is 1. The third-order valence-corrected chi connectivity index (χ3v) is 5.60. The second-order valence-corrected chi connectivity index (χ2v) is 7.57. The second kappa shape index (κ2) is 7.85. The number of aliphatic hydroxyl groups excluding tert-OH is 1. The van der Waals surface area contributed by atoms with Crippen LogP contribution in [0.2, 0.25) is 0 Å². The molecule has 0 radical (unpaired) electrons. The van der Waals surface area contributed by atoms with Gasteiger partial charge in [0.2, 0.25) is 0 Å². The van der Waals surface area contributed by atoms with Crippen LogP contribution in [-0.2, 0) is 9.59 Å². The molecule has 1 saturated heterocycles. The topological polar surface area (TPSA) is 89.0 Å². The van der Waals surface area contributed by atoms with E-state index in [2.05, 4.69) is 4.98 Å². The Kier molecular flexibility index (Phi) is 4.86. The number of aromatic nitrogens is 1. The van der Waals surface area contributed by atoms with E-state index in [1.165, 1.54) is 4.90 Å². The smallest absolute Gasteiger partial charge is 0.300 e.